The number of benzene rings is 2. The van der Waals surface area contributed by atoms with Gasteiger partial charge in [-0.3, -0.25) is 14.4 Å². The SMILES string of the molecule is Cc1cc(C)c(NC(=O)CCCSCC(=O)Nc2ccc(C(N)=O)cc2)c(C)c1. The topological polar surface area (TPSA) is 101 Å². The fourth-order valence-corrected chi connectivity index (χ4v) is 3.74. The Labute approximate surface area is 175 Å². The molecule has 0 atom stereocenters. The molecule has 0 radical (unpaired) electrons. The van der Waals surface area contributed by atoms with E-state index in [4.69, 9.17) is 5.73 Å². The zero-order chi connectivity index (χ0) is 21.4. The molecule has 0 aliphatic heterocycles. The maximum atomic E-state index is 12.2. The Kier molecular flexibility index (Phi) is 8.27. The lowest BCUT2D eigenvalue weighted by Gasteiger charge is -2.12. The number of nitrogens with two attached hydrogens (primary N) is 1. The molecule has 154 valence electrons. The number of hydrogen-bond acceptors (Lipinski definition) is 4. The van der Waals surface area contributed by atoms with Gasteiger partial charge in [-0.1, -0.05) is 17.7 Å². The standard InChI is InChI=1S/C22H27N3O3S/c1-14-11-15(2)21(16(3)12-14)25-19(26)5-4-10-29-13-20(27)24-18-8-6-17(7-9-18)22(23)28/h6-9,11-12H,4-5,10,13H2,1-3H3,(H2,23,28)(H,24,27)(H,25,26). The van der Waals surface area contributed by atoms with Crippen molar-refractivity contribution in [1.82, 2.24) is 0 Å². The van der Waals surface area contributed by atoms with Crippen LogP contribution in [-0.4, -0.2) is 29.2 Å². The highest BCUT2D eigenvalue weighted by Gasteiger charge is 2.09. The van der Waals surface area contributed by atoms with E-state index in [1.54, 1.807) is 24.3 Å². The maximum Gasteiger partial charge on any atom is 0.248 e. The van der Waals surface area contributed by atoms with Gasteiger partial charge < -0.3 is 16.4 Å². The molecule has 0 unspecified atom stereocenters. The van der Waals surface area contributed by atoms with E-state index in [2.05, 4.69) is 22.8 Å². The fourth-order valence-electron chi connectivity index (χ4n) is 2.99. The zero-order valence-electron chi connectivity index (χ0n) is 17.0. The second kappa shape index (κ2) is 10.7. The quantitative estimate of drug-likeness (QED) is 0.544. The maximum absolute atomic E-state index is 12.2. The van der Waals surface area contributed by atoms with Gasteiger partial charge >= 0.3 is 0 Å². The van der Waals surface area contributed by atoms with Crippen LogP contribution < -0.4 is 16.4 Å². The van der Waals surface area contributed by atoms with Crippen LogP contribution in [0.3, 0.4) is 0 Å². The Balaban J connectivity index is 1.67. The van der Waals surface area contributed by atoms with Gasteiger partial charge in [-0.15, -0.1) is 0 Å². The minimum Gasteiger partial charge on any atom is -0.366 e. The molecular formula is C22H27N3O3S. The average molecular weight is 414 g/mol. The van der Waals surface area contributed by atoms with Gasteiger partial charge in [-0.25, -0.2) is 0 Å². The summed E-state index contributed by atoms with van der Waals surface area (Å²) < 4.78 is 0. The third kappa shape index (κ3) is 7.27. The van der Waals surface area contributed by atoms with E-state index in [1.165, 1.54) is 17.3 Å². The molecule has 2 aromatic carbocycles. The summed E-state index contributed by atoms with van der Waals surface area (Å²) in [7, 11) is 0. The van der Waals surface area contributed by atoms with Crippen LogP contribution in [0.15, 0.2) is 36.4 Å². The number of primary amides is 1. The molecular weight excluding hydrogens is 386 g/mol. The van der Waals surface area contributed by atoms with Crippen LogP contribution in [-0.2, 0) is 9.59 Å². The van der Waals surface area contributed by atoms with Crippen molar-refractivity contribution in [2.24, 2.45) is 5.73 Å². The molecule has 0 fully saturated rings. The van der Waals surface area contributed by atoms with Gasteiger partial charge in [0.2, 0.25) is 17.7 Å². The average Bonchev–Trinajstić information content (AvgIpc) is 2.64. The van der Waals surface area contributed by atoms with E-state index in [1.807, 2.05) is 20.8 Å². The molecule has 0 saturated heterocycles. The van der Waals surface area contributed by atoms with E-state index < -0.39 is 5.91 Å². The summed E-state index contributed by atoms with van der Waals surface area (Å²) in [5.41, 5.74) is 10.4. The number of amides is 3. The van der Waals surface area contributed by atoms with E-state index >= 15 is 0 Å². The number of aryl methyl sites for hydroxylation is 3. The Morgan fingerprint density at radius 1 is 0.931 bits per heavy atom. The van der Waals surface area contributed by atoms with Crippen molar-refractivity contribution < 1.29 is 14.4 Å². The molecule has 0 aliphatic rings. The second-order valence-corrected chi connectivity index (χ2v) is 8.07. The molecule has 0 saturated carbocycles. The largest absolute Gasteiger partial charge is 0.366 e. The van der Waals surface area contributed by atoms with Crippen molar-refractivity contribution in [2.45, 2.75) is 33.6 Å². The summed E-state index contributed by atoms with van der Waals surface area (Å²) in [5.74, 6) is 0.370. The van der Waals surface area contributed by atoms with Gasteiger partial charge in [0.25, 0.3) is 0 Å². The van der Waals surface area contributed by atoms with Crippen LogP contribution in [0.25, 0.3) is 0 Å². The first-order chi connectivity index (χ1) is 13.8. The molecule has 3 amide bonds. The highest BCUT2D eigenvalue weighted by atomic mass is 32.2. The molecule has 0 aliphatic carbocycles. The van der Waals surface area contributed by atoms with Crippen molar-refractivity contribution in [3.63, 3.8) is 0 Å². The van der Waals surface area contributed by atoms with Gasteiger partial charge in [0.05, 0.1) is 5.75 Å². The van der Waals surface area contributed by atoms with Gasteiger partial charge in [0.1, 0.15) is 0 Å². The first-order valence-electron chi connectivity index (χ1n) is 9.41. The molecule has 0 bridgehead atoms. The van der Waals surface area contributed by atoms with Crippen molar-refractivity contribution >= 4 is 40.9 Å². The Morgan fingerprint density at radius 2 is 1.55 bits per heavy atom. The Bertz CT molecular complexity index is 872. The first kappa shape index (κ1) is 22.5. The van der Waals surface area contributed by atoms with Crippen LogP contribution >= 0.6 is 11.8 Å². The van der Waals surface area contributed by atoms with Crippen LogP contribution in [0.2, 0.25) is 0 Å². The fraction of sp³-hybridized carbons (Fsp3) is 0.318. The summed E-state index contributed by atoms with van der Waals surface area (Å²) in [6.07, 6.45) is 1.11. The van der Waals surface area contributed by atoms with Crippen molar-refractivity contribution in [3.05, 3.63) is 58.7 Å². The molecule has 4 N–H and O–H groups in total. The number of nitrogens with one attached hydrogen (secondary N) is 2. The summed E-state index contributed by atoms with van der Waals surface area (Å²) >= 11 is 1.48. The minimum absolute atomic E-state index is 0.0142. The smallest absolute Gasteiger partial charge is 0.248 e. The molecule has 6 nitrogen and oxygen atoms in total. The molecule has 2 aromatic rings. The summed E-state index contributed by atoms with van der Waals surface area (Å²) in [4.78, 5) is 35.2. The number of rotatable bonds is 9. The van der Waals surface area contributed by atoms with E-state index in [9.17, 15) is 14.4 Å². The summed E-state index contributed by atoms with van der Waals surface area (Å²) in [6, 6.07) is 10.5. The van der Waals surface area contributed by atoms with Crippen molar-refractivity contribution in [3.8, 4) is 0 Å². The molecule has 0 aromatic heterocycles. The lowest BCUT2D eigenvalue weighted by molar-refractivity contribution is -0.116. The zero-order valence-corrected chi connectivity index (χ0v) is 17.8. The van der Waals surface area contributed by atoms with Crippen LogP contribution in [0.4, 0.5) is 11.4 Å². The van der Waals surface area contributed by atoms with Gasteiger partial charge in [-0.2, -0.15) is 11.8 Å². The molecule has 29 heavy (non-hydrogen) atoms. The summed E-state index contributed by atoms with van der Waals surface area (Å²) in [6.45, 7) is 6.02. The third-order valence-corrected chi connectivity index (χ3v) is 5.36. The highest BCUT2D eigenvalue weighted by Crippen LogP contribution is 2.22. The van der Waals surface area contributed by atoms with Crippen molar-refractivity contribution in [1.29, 1.82) is 0 Å². The highest BCUT2D eigenvalue weighted by molar-refractivity contribution is 7.99. The predicted molar refractivity (Wildman–Crippen MR) is 119 cm³/mol. The minimum atomic E-state index is -0.504. The van der Waals surface area contributed by atoms with Gasteiger partial charge in [0.15, 0.2) is 0 Å². The van der Waals surface area contributed by atoms with Crippen LogP contribution in [0.5, 0.6) is 0 Å². The van der Waals surface area contributed by atoms with E-state index in [0.717, 1.165) is 16.8 Å². The van der Waals surface area contributed by atoms with Crippen molar-refractivity contribution in [2.75, 3.05) is 22.1 Å². The van der Waals surface area contributed by atoms with Crippen LogP contribution in [0, 0.1) is 20.8 Å². The molecule has 7 heteroatoms. The lowest BCUT2D eigenvalue weighted by Crippen LogP contribution is -2.16. The van der Waals surface area contributed by atoms with Gasteiger partial charge in [-0.05, 0) is 68.3 Å². The number of anilines is 2. The molecule has 0 spiro atoms. The normalized spacial score (nSPS) is 10.4. The molecule has 2 rings (SSSR count). The number of carbonyl (C=O) groups is 3. The summed E-state index contributed by atoms with van der Waals surface area (Å²) in [5, 5.41) is 5.76. The number of thioether (sulfide) groups is 1. The van der Waals surface area contributed by atoms with Gasteiger partial charge in [0, 0.05) is 23.4 Å². The molecule has 0 heterocycles. The van der Waals surface area contributed by atoms with Crippen LogP contribution in [0.1, 0.15) is 39.9 Å². The Morgan fingerprint density at radius 3 is 2.14 bits per heavy atom. The second-order valence-electron chi connectivity index (χ2n) is 6.97. The Hall–Kier alpha value is -2.80. The first-order valence-corrected chi connectivity index (χ1v) is 10.6. The van der Waals surface area contributed by atoms with E-state index in [0.29, 0.717) is 35.6 Å². The van der Waals surface area contributed by atoms with E-state index in [-0.39, 0.29) is 11.8 Å². The predicted octanol–water partition coefficient (Wildman–Crippen LogP) is 3.80. The monoisotopic (exact) mass is 413 g/mol. The number of carbonyl (C=O) groups excluding carboxylic acids is 3. The third-order valence-electron chi connectivity index (χ3n) is 4.32. The lowest BCUT2D eigenvalue weighted by atomic mass is 10.0. The number of hydrogen-bond donors (Lipinski definition) is 3.